The lowest BCUT2D eigenvalue weighted by atomic mass is 9.88. The lowest BCUT2D eigenvalue weighted by Crippen LogP contribution is -2.29. The Morgan fingerprint density at radius 1 is 1.40 bits per heavy atom. The van der Waals surface area contributed by atoms with Gasteiger partial charge in [-0.1, -0.05) is 19.1 Å². The predicted octanol–water partition coefficient (Wildman–Crippen LogP) is 3.61. The predicted molar refractivity (Wildman–Crippen MR) is 99.7 cm³/mol. The molecular weight excluding hydrogens is 312 g/mol. The molecule has 1 atom stereocenters. The minimum absolute atomic E-state index is 0.203. The van der Waals surface area contributed by atoms with Crippen LogP contribution in [0.3, 0.4) is 0 Å². The first-order valence-corrected chi connectivity index (χ1v) is 8.92. The van der Waals surface area contributed by atoms with E-state index in [-0.39, 0.29) is 11.7 Å². The van der Waals surface area contributed by atoms with E-state index in [1.54, 1.807) is 12.1 Å². The molecule has 0 radical (unpaired) electrons. The van der Waals surface area contributed by atoms with E-state index in [1.165, 1.54) is 0 Å². The van der Waals surface area contributed by atoms with Gasteiger partial charge in [-0.2, -0.15) is 5.26 Å². The van der Waals surface area contributed by atoms with E-state index in [2.05, 4.69) is 28.6 Å². The van der Waals surface area contributed by atoms with Crippen molar-refractivity contribution in [2.45, 2.75) is 32.1 Å². The maximum absolute atomic E-state index is 10.2. The molecule has 1 fully saturated rings. The summed E-state index contributed by atoms with van der Waals surface area (Å²) in [5.74, 6) is 1.11. The third kappa shape index (κ3) is 3.75. The summed E-state index contributed by atoms with van der Waals surface area (Å²) in [5, 5.41) is 26.7. The molecule has 0 saturated carbocycles. The Morgan fingerprint density at radius 2 is 2.24 bits per heavy atom. The molecular formula is C20H24N4O. The molecule has 1 unspecified atom stereocenters. The number of pyridine rings is 1. The van der Waals surface area contributed by atoms with Gasteiger partial charge >= 0.3 is 0 Å². The summed E-state index contributed by atoms with van der Waals surface area (Å²) in [7, 11) is 0. The zero-order valence-electron chi connectivity index (χ0n) is 14.5. The molecule has 3 rings (SSSR count). The Labute approximate surface area is 148 Å². The van der Waals surface area contributed by atoms with Crippen molar-refractivity contribution in [3.8, 4) is 23.1 Å². The van der Waals surface area contributed by atoms with Crippen LogP contribution in [0.2, 0.25) is 0 Å². The summed E-state index contributed by atoms with van der Waals surface area (Å²) in [6.45, 7) is 4.73. The molecule has 1 aromatic carbocycles. The Kier molecular flexibility index (Phi) is 5.52. The molecule has 0 bridgehead atoms. The van der Waals surface area contributed by atoms with Crippen LogP contribution in [-0.2, 0) is 0 Å². The number of aromatic nitrogens is 1. The molecule has 1 aromatic heterocycles. The van der Waals surface area contributed by atoms with Gasteiger partial charge in [-0.15, -0.1) is 0 Å². The fraction of sp³-hybridized carbons (Fsp3) is 0.400. The van der Waals surface area contributed by atoms with Crippen LogP contribution in [0.4, 0.5) is 5.82 Å². The Balaban J connectivity index is 2.12. The maximum Gasteiger partial charge on any atom is 0.144 e. The summed E-state index contributed by atoms with van der Waals surface area (Å²) in [5.41, 5.74) is 3.04. The van der Waals surface area contributed by atoms with E-state index in [9.17, 15) is 10.4 Å². The first-order chi connectivity index (χ1) is 12.2. The van der Waals surface area contributed by atoms with Crippen LogP contribution >= 0.6 is 0 Å². The molecule has 130 valence electrons. The lowest BCUT2D eigenvalue weighted by Gasteiger charge is -2.25. The highest BCUT2D eigenvalue weighted by Crippen LogP contribution is 2.35. The number of hydrogen-bond acceptors (Lipinski definition) is 5. The number of piperidine rings is 1. The van der Waals surface area contributed by atoms with Gasteiger partial charge in [0.1, 0.15) is 17.6 Å². The fourth-order valence-corrected chi connectivity index (χ4v) is 3.32. The van der Waals surface area contributed by atoms with Gasteiger partial charge in [-0.25, -0.2) is 4.98 Å². The van der Waals surface area contributed by atoms with E-state index in [4.69, 9.17) is 0 Å². The van der Waals surface area contributed by atoms with E-state index < -0.39 is 0 Å². The Hall–Kier alpha value is -2.58. The highest BCUT2D eigenvalue weighted by Gasteiger charge is 2.23. The highest BCUT2D eigenvalue weighted by molar-refractivity contribution is 5.72. The summed E-state index contributed by atoms with van der Waals surface area (Å²) in [6, 6.07) is 11.5. The molecule has 0 amide bonds. The second kappa shape index (κ2) is 8.00. The number of nitrogens with one attached hydrogen (secondary N) is 2. The molecule has 2 aromatic rings. The third-order valence-electron chi connectivity index (χ3n) is 4.62. The molecule has 5 nitrogen and oxygen atoms in total. The standard InChI is InChI=1S/C20H24N4O/c1-2-9-23-20-17(12-21)16(14-6-5-10-22-13-14)11-18(24-20)15-7-3-4-8-19(15)25/h3-4,7-8,11,14,22,25H,2,5-6,9-10,13H2,1H3,(H,23,24). The van der Waals surface area contributed by atoms with E-state index >= 15 is 0 Å². The van der Waals surface area contributed by atoms with E-state index in [1.807, 2.05) is 18.2 Å². The van der Waals surface area contributed by atoms with Crippen LogP contribution < -0.4 is 10.6 Å². The van der Waals surface area contributed by atoms with Crippen molar-refractivity contribution >= 4 is 5.82 Å². The average Bonchev–Trinajstić information content (AvgIpc) is 2.66. The number of rotatable bonds is 5. The SMILES string of the molecule is CCCNc1nc(-c2ccccc2O)cc(C2CCCNC2)c1C#N. The van der Waals surface area contributed by atoms with Crippen molar-refractivity contribution in [2.24, 2.45) is 0 Å². The van der Waals surface area contributed by atoms with Crippen LogP contribution in [0.25, 0.3) is 11.3 Å². The molecule has 1 aliphatic rings. The van der Waals surface area contributed by atoms with Gasteiger partial charge in [0.25, 0.3) is 0 Å². The number of nitriles is 1. The molecule has 0 spiro atoms. The molecule has 1 saturated heterocycles. The monoisotopic (exact) mass is 336 g/mol. The number of nitrogens with zero attached hydrogens (tertiary/aromatic N) is 2. The average molecular weight is 336 g/mol. The Bertz CT molecular complexity index is 776. The number of hydrogen-bond donors (Lipinski definition) is 3. The molecule has 1 aliphatic heterocycles. The van der Waals surface area contributed by atoms with Crippen molar-refractivity contribution in [3.63, 3.8) is 0 Å². The van der Waals surface area contributed by atoms with Crippen molar-refractivity contribution in [1.29, 1.82) is 5.26 Å². The van der Waals surface area contributed by atoms with Crippen LogP contribution in [0.5, 0.6) is 5.75 Å². The number of aromatic hydroxyl groups is 1. The molecule has 2 heterocycles. The number of phenols is 1. The van der Waals surface area contributed by atoms with Gasteiger partial charge in [-0.05, 0) is 55.5 Å². The first-order valence-electron chi connectivity index (χ1n) is 8.92. The summed E-state index contributed by atoms with van der Waals surface area (Å²) < 4.78 is 0. The number of phenolic OH excluding ortho intramolecular Hbond substituents is 1. The maximum atomic E-state index is 10.2. The number of benzene rings is 1. The van der Waals surface area contributed by atoms with Crippen LogP contribution in [-0.4, -0.2) is 29.7 Å². The van der Waals surface area contributed by atoms with Crippen molar-refractivity contribution in [1.82, 2.24) is 10.3 Å². The molecule has 25 heavy (non-hydrogen) atoms. The summed E-state index contributed by atoms with van der Waals surface area (Å²) in [6.07, 6.45) is 3.11. The quantitative estimate of drug-likeness (QED) is 0.777. The van der Waals surface area contributed by atoms with Gasteiger partial charge in [0.15, 0.2) is 0 Å². The van der Waals surface area contributed by atoms with Crippen molar-refractivity contribution in [2.75, 3.05) is 25.0 Å². The zero-order chi connectivity index (χ0) is 17.6. The van der Waals surface area contributed by atoms with Crippen molar-refractivity contribution in [3.05, 3.63) is 41.5 Å². The largest absolute Gasteiger partial charge is 0.507 e. The lowest BCUT2D eigenvalue weighted by molar-refractivity contribution is 0.461. The number of para-hydroxylation sites is 1. The van der Waals surface area contributed by atoms with Crippen LogP contribution in [0, 0.1) is 11.3 Å². The number of anilines is 1. The van der Waals surface area contributed by atoms with Gasteiger partial charge in [0.05, 0.1) is 11.3 Å². The fourth-order valence-electron chi connectivity index (χ4n) is 3.32. The topological polar surface area (TPSA) is 81.0 Å². The first kappa shape index (κ1) is 17.2. The summed E-state index contributed by atoms with van der Waals surface area (Å²) in [4.78, 5) is 4.65. The molecule has 5 heteroatoms. The van der Waals surface area contributed by atoms with Crippen LogP contribution in [0.15, 0.2) is 30.3 Å². The van der Waals surface area contributed by atoms with Gasteiger partial charge in [0.2, 0.25) is 0 Å². The summed E-state index contributed by atoms with van der Waals surface area (Å²) >= 11 is 0. The normalized spacial score (nSPS) is 17.0. The minimum atomic E-state index is 0.203. The molecule has 0 aliphatic carbocycles. The zero-order valence-corrected chi connectivity index (χ0v) is 14.5. The highest BCUT2D eigenvalue weighted by atomic mass is 16.3. The van der Waals surface area contributed by atoms with E-state index in [0.717, 1.165) is 44.5 Å². The van der Waals surface area contributed by atoms with Gasteiger partial charge < -0.3 is 15.7 Å². The minimum Gasteiger partial charge on any atom is -0.507 e. The smallest absolute Gasteiger partial charge is 0.144 e. The van der Waals surface area contributed by atoms with Gasteiger partial charge in [-0.3, -0.25) is 0 Å². The molecule has 3 N–H and O–H groups in total. The second-order valence-corrected chi connectivity index (χ2v) is 6.42. The third-order valence-corrected chi connectivity index (χ3v) is 4.62. The van der Waals surface area contributed by atoms with Crippen LogP contribution in [0.1, 0.15) is 43.2 Å². The van der Waals surface area contributed by atoms with Gasteiger partial charge in [0, 0.05) is 18.7 Å². The van der Waals surface area contributed by atoms with Crippen molar-refractivity contribution < 1.29 is 5.11 Å². The Morgan fingerprint density at radius 3 is 2.92 bits per heavy atom. The van der Waals surface area contributed by atoms with E-state index in [0.29, 0.717) is 22.6 Å². The second-order valence-electron chi connectivity index (χ2n) is 6.42.